The van der Waals surface area contributed by atoms with Gasteiger partial charge < -0.3 is 19.7 Å². The van der Waals surface area contributed by atoms with Crippen molar-refractivity contribution in [1.82, 2.24) is 0 Å². The zero-order valence-electron chi connectivity index (χ0n) is 22.3. The van der Waals surface area contributed by atoms with E-state index in [0.29, 0.717) is 55.0 Å². The molecule has 35 heavy (non-hydrogen) atoms. The monoisotopic (exact) mass is 492 g/mol. The van der Waals surface area contributed by atoms with Gasteiger partial charge in [0, 0.05) is 19.8 Å². The molecule has 4 rings (SSSR count). The molecule has 0 amide bonds. The number of fused-ring (bicyclic) bond motifs is 5. The van der Waals surface area contributed by atoms with Crippen molar-refractivity contribution >= 4 is 11.9 Å². The van der Waals surface area contributed by atoms with Gasteiger partial charge in [-0.25, -0.2) is 0 Å². The third-order valence-corrected chi connectivity index (χ3v) is 11.1. The molecule has 200 valence electrons. The standard InChI is InChI=1S/C29H48O6/c1-18(6-9-26(33)35-15-5-14-34-19(2)30)22-7-8-23-27-24(11-13-29(22,23)4)28(3)12-10-21(31)16-20(28)17-25(27)32/h18,20-25,27,31-32H,5-17H2,1-4H3. The molecule has 4 aliphatic carbocycles. The first-order chi connectivity index (χ1) is 16.6. The van der Waals surface area contributed by atoms with Crippen molar-refractivity contribution in [1.29, 1.82) is 0 Å². The Kier molecular flexibility index (Phi) is 8.22. The van der Waals surface area contributed by atoms with Gasteiger partial charge >= 0.3 is 11.9 Å². The van der Waals surface area contributed by atoms with Gasteiger partial charge in [0.2, 0.25) is 0 Å². The molecule has 6 heteroatoms. The molecule has 0 aromatic heterocycles. The number of aliphatic hydroxyl groups excluding tert-OH is 2. The highest BCUT2D eigenvalue weighted by Crippen LogP contribution is 2.68. The van der Waals surface area contributed by atoms with Crippen LogP contribution in [0.5, 0.6) is 0 Å². The molecule has 2 N–H and O–H groups in total. The van der Waals surface area contributed by atoms with Crippen LogP contribution in [0, 0.1) is 46.3 Å². The van der Waals surface area contributed by atoms with E-state index in [1.54, 1.807) is 0 Å². The summed E-state index contributed by atoms with van der Waals surface area (Å²) in [7, 11) is 0. The average Bonchev–Trinajstić information content (AvgIpc) is 3.15. The SMILES string of the molecule is CC(=O)OCCCOC(=O)CCC(C)C1CCC2C3C(O)CC4CC(O)CCC4(C)C3CCC12C. The second kappa shape index (κ2) is 10.7. The van der Waals surface area contributed by atoms with E-state index in [9.17, 15) is 19.8 Å². The zero-order valence-corrected chi connectivity index (χ0v) is 22.3. The van der Waals surface area contributed by atoms with Gasteiger partial charge in [0.05, 0.1) is 25.4 Å². The van der Waals surface area contributed by atoms with Gasteiger partial charge in [0.25, 0.3) is 0 Å². The van der Waals surface area contributed by atoms with Crippen LogP contribution in [0.25, 0.3) is 0 Å². The van der Waals surface area contributed by atoms with Gasteiger partial charge in [-0.05, 0) is 104 Å². The van der Waals surface area contributed by atoms with E-state index in [1.165, 1.54) is 32.6 Å². The van der Waals surface area contributed by atoms with Gasteiger partial charge in [0.1, 0.15) is 0 Å². The molecule has 10 atom stereocenters. The minimum Gasteiger partial charge on any atom is -0.466 e. The molecule has 0 aliphatic heterocycles. The lowest BCUT2D eigenvalue weighted by atomic mass is 9.43. The predicted molar refractivity (Wildman–Crippen MR) is 133 cm³/mol. The van der Waals surface area contributed by atoms with Crippen LogP contribution in [0.15, 0.2) is 0 Å². The van der Waals surface area contributed by atoms with Gasteiger partial charge in [0.15, 0.2) is 0 Å². The zero-order chi connectivity index (χ0) is 25.4. The van der Waals surface area contributed by atoms with E-state index in [0.717, 1.165) is 32.1 Å². The minimum absolute atomic E-state index is 0.163. The first-order valence-electron chi connectivity index (χ1n) is 14.2. The van der Waals surface area contributed by atoms with Crippen LogP contribution in [-0.2, 0) is 19.1 Å². The Bertz CT molecular complexity index is 768. The molecule has 0 saturated heterocycles. The summed E-state index contributed by atoms with van der Waals surface area (Å²) in [5.74, 6) is 2.51. The Morgan fingerprint density at radius 3 is 2.37 bits per heavy atom. The number of ether oxygens (including phenoxy) is 2. The summed E-state index contributed by atoms with van der Waals surface area (Å²) in [5, 5.41) is 21.7. The van der Waals surface area contributed by atoms with Gasteiger partial charge in [-0.15, -0.1) is 0 Å². The normalized spacial score (nSPS) is 43.4. The first-order valence-corrected chi connectivity index (χ1v) is 14.2. The number of carbonyl (C=O) groups excluding carboxylic acids is 2. The Hall–Kier alpha value is -1.14. The van der Waals surface area contributed by atoms with Crippen molar-refractivity contribution in [3.05, 3.63) is 0 Å². The Morgan fingerprint density at radius 2 is 1.63 bits per heavy atom. The van der Waals surface area contributed by atoms with Crippen molar-refractivity contribution in [3.8, 4) is 0 Å². The largest absolute Gasteiger partial charge is 0.466 e. The fourth-order valence-corrected chi connectivity index (χ4v) is 9.26. The predicted octanol–water partition coefficient (Wildman–Crippen LogP) is 4.89. The topological polar surface area (TPSA) is 93.1 Å². The van der Waals surface area contributed by atoms with Crippen LogP contribution in [0.1, 0.15) is 98.3 Å². The van der Waals surface area contributed by atoms with E-state index in [2.05, 4.69) is 20.8 Å². The lowest BCUT2D eigenvalue weighted by molar-refractivity contribution is -0.174. The maximum atomic E-state index is 12.3. The van der Waals surface area contributed by atoms with E-state index >= 15 is 0 Å². The molecule has 0 aromatic rings. The Balaban J connectivity index is 1.33. The smallest absolute Gasteiger partial charge is 0.305 e. The van der Waals surface area contributed by atoms with E-state index in [1.807, 2.05) is 0 Å². The van der Waals surface area contributed by atoms with E-state index < -0.39 is 0 Å². The molecular weight excluding hydrogens is 444 g/mol. The average molecular weight is 493 g/mol. The molecule has 4 fully saturated rings. The quantitative estimate of drug-likeness (QED) is 0.370. The Morgan fingerprint density at radius 1 is 0.943 bits per heavy atom. The van der Waals surface area contributed by atoms with Crippen molar-refractivity contribution in [2.45, 2.75) is 111 Å². The van der Waals surface area contributed by atoms with Crippen LogP contribution < -0.4 is 0 Å². The number of aliphatic hydroxyl groups is 2. The minimum atomic E-state index is -0.310. The van der Waals surface area contributed by atoms with Crippen LogP contribution in [0.3, 0.4) is 0 Å². The van der Waals surface area contributed by atoms with Gasteiger partial charge in [-0.1, -0.05) is 20.8 Å². The van der Waals surface area contributed by atoms with Crippen molar-refractivity contribution in [2.75, 3.05) is 13.2 Å². The molecule has 6 nitrogen and oxygen atoms in total. The summed E-state index contributed by atoms with van der Waals surface area (Å²) in [6.45, 7) is 9.19. The maximum Gasteiger partial charge on any atom is 0.305 e. The fraction of sp³-hybridized carbons (Fsp3) is 0.931. The molecule has 0 spiro atoms. The third-order valence-electron chi connectivity index (χ3n) is 11.1. The lowest BCUT2D eigenvalue weighted by Crippen LogP contribution is -2.58. The molecule has 4 aliphatic rings. The molecule has 0 heterocycles. The summed E-state index contributed by atoms with van der Waals surface area (Å²) >= 11 is 0. The van der Waals surface area contributed by atoms with E-state index in [-0.39, 0.29) is 41.6 Å². The van der Waals surface area contributed by atoms with Gasteiger partial charge in [-0.3, -0.25) is 9.59 Å². The molecule has 10 unspecified atom stereocenters. The molecule has 4 saturated carbocycles. The van der Waals surface area contributed by atoms with Crippen LogP contribution in [0.4, 0.5) is 0 Å². The summed E-state index contributed by atoms with van der Waals surface area (Å²) in [5.41, 5.74) is 0.486. The van der Waals surface area contributed by atoms with Crippen LogP contribution in [-0.4, -0.2) is 47.6 Å². The summed E-state index contributed by atoms with van der Waals surface area (Å²) in [4.78, 5) is 23.1. The molecule has 0 aromatic carbocycles. The fourth-order valence-electron chi connectivity index (χ4n) is 9.26. The summed E-state index contributed by atoms with van der Waals surface area (Å²) < 4.78 is 10.2. The highest BCUT2D eigenvalue weighted by Gasteiger charge is 2.62. The van der Waals surface area contributed by atoms with Crippen molar-refractivity contribution < 1.29 is 29.3 Å². The van der Waals surface area contributed by atoms with E-state index in [4.69, 9.17) is 9.47 Å². The number of hydrogen-bond donors (Lipinski definition) is 2. The van der Waals surface area contributed by atoms with Crippen molar-refractivity contribution in [2.24, 2.45) is 46.3 Å². The number of hydrogen-bond acceptors (Lipinski definition) is 6. The second-order valence-corrected chi connectivity index (χ2v) is 12.9. The number of esters is 2. The number of carbonyl (C=O) groups is 2. The number of rotatable bonds is 8. The highest BCUT2D eigenvalue weighted by atomic mass is 16.5. The third kappa shape index (κ3) is 5.30. The highest BCUT2D eigenvalue weighted by molar-refractivity contribution is 5.69. The van der Waals surface area contributed by atoms with Crippen molar-refractivity contribution in [3.63, 3.8) is 0 Å². The molecular formula is C29H48O6. The van der Waals surface area contributed by atoms with Crippen LogP contribution >= 0.6 is 0 Å². The Labute approximate surface area is 211 Å². The second-order valence-electron chi connectivity index (χ2n) is 12.9. The maximum absolute atomic E-state index is 12.3. The summed E-state index contributed by atoms with van der Waals surface area (Å²) in [6, 6.07) is 0. The molecule has 0 radical (unpaired) electrons. The summed E-state index contributed by atoms with van der Waals surface area (Å²) in [6.07, 6.45) is 9.86. The van der Waals surface area contributed by atoms with Crippen LogP contribution in [0.2, 0.25) is 0 Å². The first kappa shape index (κ1) is 26.9. The van der Waals surface area contributed by atoms with Gasteiger partial charge in [-0.2, -0.15) is 0 Å². The molecule has 0 bridgehead atoms. The lowest BCUT2D eigenvalue weighted by Gasteiger charge is -2.62.